The molecule has 0 saturated carbocycles. The van der Waals surface area contributed by atoms with Gasteiger partial charge >= 0.3 is 11.9 Å². The van der Waals surface area contributed by atoms with Crippen molar-refractivity contribution in [1.29, 1.82) is 0 Å². The van der Waals surface area contributed by atoms with Crippen molar-refractivity contribution in [3.8, 4) is 0 Å². The van der Waals surface area contributed by atoms with Crippen LogP contribution in [-0.2, 0) is 23.8 Å². The maximum atomic E-state index is 11.9. The molecule has 1 heterocycles. The zero-order chi connectivity index (χ0) is 15.3. The number of rotatable bonds is 7. The summed E-state index contributed by atoms with van der Waals surface area (Å²) in [6.45, 7) is 11.5. The first kappa shape index (κ1) is 16.5. The molecule has 0 aliphatic carbocycles. The largest absolute Gasteiger partial charge is 0.498 e. The Labute approximate surface area is 120 Å². The van der Waals surface area contributed by atoms with Crippen molar-refractivity contribution in [2.75, 3.05) is 6.61 Å². The average molecular weight is 284 g/mol. The molecule has 1 aliphatic rings. The molecular formula is C15H24O5. The second-order valence-corrected chi connectivity index (χ2v) is 5.47. The summed E-state index contributed by atoms with van der Waals surface area (Å²) in [4.78, 5) is 23.5. The number of ether oxygens (including phenoxy) is 3. The van der Waals surface area contributed by atoms with Gasteiger partial charge in [0.25, 0.3) is 0 Å². The highest BCUT2D eigenvalue weighted by molar-refractivity contribution is 5.90. The molecule has 20 heavy (non-hydrogen) atoms. The van der Waals surface area contributed by atoms with Crippen LogP contribution in [0.1, 0.15) is 47.0 Å². The molecule has 0 bridgehead atoms. The van der Waals surface area contributed by atoms with Crippen LogP contribution in [0, 0.1) is 5.92 Å². The highest BCUT2D eigenvalue weighted by Crippen LogP contribution is 2.30. The number of esters is 2. The molecule has 114 valence electrons. The predicted octanol–water partition coefficient (Wildman–Crippen LogP) is 2.59. The molecule has 5 heteroatoms. The van der Waals surface area contributed by atoms with Gasteiger partial charge in [0.05, 0.1) is 12.4 Å². The van der Waals surface area contributed by atoms with Gasteiger partial charge in [-0.05, 0) is 20.3 Å². The molecule has 1 saturated heterocycles. The highest BCUT2D eigenvalue weighted by atomic mass is 16.7. The Hall–Kier alpha value is -1.52. The quantitative estimate of drug-likeness (QED) is 0.408. The first-order valence-corrected chi connectivity index (χ1v) is 7.05. The van der Waals surface area contributed by atoms with E-state index in [0.717, 1.165) is 12.8 Å². The smallest absolute Gasteiger partial charge is 0.351 e. The van der Waals surface area contributed by atoms with E-state index in [1.165, 1.54) is 6.92 Å². The van der Waals surface area contributed by atoms with Crippen molar-refractivity contribution in [2.24, 2.45) is 5.92 Å². The van der Waals surface area contributed by atoms with Crippen LogP contribution < -0.4 is 0 Å². The van der Waals surface area contributed by atoms with E-state index in [4.69, 9.17) is 14.2 Å². The molecule has 0 aromatic heterocycles. The van der Waals surface area contributed by atoms with Crippen molar-refractivity contribution >= 4 is 11.9 Å². The van der Waals surface area contributed by atoms with E-state index >= 15 is 0 Å². The van der Waals surface area contributed by atoms with Gasteiger partial charge in [-0.2, -0.15) is 0 Å². The fourth-order valence-electron chi connectivity index (χ4n) is 1.99. The van der Waals surface area contributed by atoms with E-state index in [9.17, 15) is 9.59 Å². The van der Waals surface area contributed by atoms with E-state index in [0.29, 0.717) is 18.8 Å². The fraction of sp³-hybridized carbons (Fsp3) is 0.733. The Kier molecular flexibility index (Phi) is 5.60. The summed E-state index contributed by atoms with van der Waals surface area (Å²) in [5.41, 5.74) is -1.26. The number of hydrogen-bond acceptors (Lipinski definition) is 5. The summed E-state index contributed by atoms with van der Waals surface area (Å²) in [5.74, 6) is -0.539. The van der Waals surface area contributed by atoms with Crippen LogP contribution in [0.25, 0.3) is 0 Å². The predicted molar refractivity (Wildman–Crippen MR) is 73.8 cm³/mol. The van der Waals surface area contributed by atoms with Gasteiger partial charge < -0.3 is 14.2 Å². The lowest BCUT2D eigenvalue weighted by molar-refractivity contribution is -0.209. The second kappa shape index (κ2) is 6.77. The van der Waals surface area contributed by atoms with E-state index < -0.39 is 23.6 Å². The van der Waals surface area contributed by atoms with Gasteiger partial charge in [-0.25, -0.2) is 9.59 Å². The first-order valence-electron chi connectivity index (χ1n) is 7.05. The van der Waals surface area contributed by atoms with E-state index in [-0.39, 0.29) is 5.92 Å². The Morgan fingerprint density at radius 1 is 1.50 bits per heavy atom. The second-order valence-electron chi connectivity index (χ2n) is 5.47. The van der Waals surface area contributed by atoms with Gasteiger partial charge in [0.2, 0.25) is 5.60 Å². The third kappa shape index (κ3) is 3.99. The van der Waals surface area contributed by atoms with Gasteiger partial charge in [-0.15, -0.1) is 0 Å². The molecule has 0 aromatic rings. The maximum Gasteiger partial charge on any atom is 0.351 e. The molecular weight excluding hydrogens is 260 g/mol. The van der Waals surface area contributed by atoms with Crippen molar-refractivity contribution < 1.29 is 23.8 Å². The molecule has 0 aromatic carbocycles. The van der Waals surface area contributed by atoms with Gasteiger partial charge in [0, 0.05) is 12.3 Å². The minimum Gasteiger partial charge on any atom is -0.498 e. The van der Waals surface area contributed by atoms with Crippen LogP contribution in [0.3, 0.4) is 0 Å². The lowest BCUT2D eigenvalue weighted by Crippen LogP contribution is -2.51. The number of cyclic esters (lactones) is 2. The van der Waals surface area contributed by atoms with Gasteiger partial charge in [0.1, 0.15) is 0 Å². The molecule has 0 N–H and O–H groups in total. The Balaban J connectivity index is 2.59. The lowest BCUT2D eigenvalue weighted by atomic mass is 9.91. The summed E-state index contributed by atoms with van der Waals surface area (Å²) < 4.78 is 15.8. The van der Waals surface area contributed by atoms with Crippen LogP contribution in [0.4, 0.5) is 0 Å². The van der Waals surface area contributed by atoms with Gasteiger partial charge in [-0.3, -0.25) is 0 Å². The number of unbranched alkanes of at least 4 members (excludes halogenated alkanes) is 1. The lowest BCUT2D eigenvalue weighted by Gasteiger charge is -2.35. The van der Waals surface area contributed by atoms with Gasteiger partial charge in [-0.1, -0.05) is 26.8 Å². The van der Waals surface area contributed by atoms with Crippen molar-refractivity contribution in [1.82, 2.24) is 0 Å². The third-order valence-corrected chi connectivity index (χ3v) is 3.40. The minimum atomic E-state index is -1.26. The number of hydrogen-bond donors (Lipinski definition) is 0. The van der Waals surface area contributed by atoms with Crippen molar-refractivity contribution in [3.05, 3.63) is 12.3 Å². The molecule has 0 spiro atoms. The molecule has 1 aliphatic heterocycles. The highest BCUT2D eigenvalue weighted by Gasteiger charge is 2.47. The van der Waals surface area contributed by atoms with E-state index in [1.807, 2.05) is 6.92 Å². The third-order valence-electron chi connectivity index (χ3n) is 3.40. The normalized spacial score (nSPS) is 27.5. The average Bonchev–Trinajstić information content (AvgIpc) is 2.36. The molecule has 3 unspecified atom stereocenters. The number of allylic oxidation sites excluding steroid dienone is 1. The van der Waals surface area contributed by atoms with E-state index in [2.05, 4.69) is 13.5 Å². The van der Waals surface area contributed by atoms with Crippen LogP contribution in [0.2, 0.25) is 0 Å². The summed E-state index contributed by atoms with van der Waals surface area (Å²) in [6, 6.07) is 0. The first-order chi connectivity index (χ1) is 9.30. The monoisotopic (exact) mass is 284 g/mol. The fourth-order valence-corrected chi connectivity index (χ4v) is 1.99. The maximum absolute atomic E-state index is 11.9. The Morgan fingerprint density at radius 2 is 2.15 bits per heavy atom. The molecule has 1 rings (SSSR count). The summed E-state index contributed by atoms with van der Waals surface area (Å²) in [6.07, 6.45) is 1.46. The molecule has 0 amide bonds. The zero-order valence-corrected chi connectivity index (χ0v) is 12.7. The molecule has 1 fully saturated rings. The Bertz CT molecular complexity index is 390. The van der Waals surface area contributed by atoms with Crippen molar-refractivity contribution in [3.63, 3.8) is 0 Å². The zero-order valence-electron chi connectivity index (χ0n) is 12.7. The van der Waals surface area contributed by atoms with Crippen molar-refractivity contribution in [2.45, 2.75) is 58.7 Å². The Morgan fingerprint density at radius 3 is 2.75 bits per heavy atom. The van der Waals surface area contributed by atoms with Crippen LogP contribution in [0.15, 0.2) is 12.3 Å². The topological polar surface area (TPSA) is 61.8 Å². The van der Waals surface area contributed by atoms with E-state index in [1.54, 1.807) is 6.92 Å². The standard InChI is InChI=1S/C15H24O5/c1-6-7-8-18-11(3)10(2)9-15(5)14(17)19-12(4)13(16)20-15/h10,12H,3,6-9H2,1-2,4-5H3. The molecule has 5 nitrogen and oxygen atoms in total. The number of carbonyl (C=O) groups excluding carboxylic acids is 2. The SMILES string of the molecule is C=C(OCCCC)C(C)CC1(C)OC(=O)C(C)OC1=O. The van der Waals surface area contributed by atoms with Crippen LogP contribution >= 0.6 is 0 Å². The molecule has 0 radical (unpaired) electrons. The van der Waals surface area contributed by atoms with Crippen LogP contribution in [-0.4, -0.2) is 30.3 Å². The molecule has 3 atom stereocenters. The minimum absolute atomic E-state index is 0.106. The summed E-state index contributed by atoms with van der Waals surface area (Å²) in [7, 11) is 0. The number of carbonyl (C=O) groups is 2. The van der Waals surface area contributed by atoms with Crippen LogP contribution in [0.5, 0.6) is 0 Å². The summed E-state index contributed by atoms with van der Waals surface area (Å²) in [5, 5.41) is 0. The summed E-state index contributed by atoms with van der Waals surface area (Å²) >= 11 is 0. The van der Waals surface area contributed by atoms with Gasteiger partial charge in [0.15, 0.2) is 6.10 Å².